The van der Waals surface area contributed by atoms with Crippen molar-refractivity contribution < 1.29 is 4.74 Å². The van der Waals surface area contributed by atoms with Crippen LogP contribution in [-0.2, 0) is 4.74 Å². The van der Waals surface area contributed by atoms with E-state index in [2.05, 4.69) is 20.8 Å². The number of hydrogen-bond donors (Lipinski definition) is 1. The lowest BCUT2D eigenvalue weighted by atomic mass is 10.0. The Hall–Kier alpha value is -0.0800. The second-order valence-corrected chi connectivity index (χ2v) is 8.12. The molecule has 0 fully saturated rings. The van der Waals surface area contributed by atoms with E-state index >= 15 is 0 Å². The number of hydrogen-bond acceptors (Lipinski definition) is 2. The molecule has 2 heteroatoms. The lowest BCUT2D eigenvalue weighted by molar-refractivity contribution is -0.0121. The van der Waals surface area contributed by atoms with Gasteiger partial charge in [0.25, 0.3) is 0 Å². The molecule has 0 aromatic heterocycles. The highest BCUT2D eigenvalue weighted by atomic mass is 16.5. The van der Waals surface area contributed by atoms with E-state index in [0.29, 0.717) is 6.54 Å². The van der Waals surface area contributed by atoms with E-state index in [4.69, 9.17) is 10.5 Å². The molecule has 0 aliphatic heterocycles. The minimum Gasteiger partial charge on any atom is -0.374 e. The van der Waals surface area contributed by atoms with Gasteiger partial charge < -0.3 is 10.5 Å². The summed E-state index contributed by atoms with van der Waals surface area (Å²) in [5.41, 5.74) is 5.51. The van der Waals surface area contributed by atoms with Crippen LogP contribution < -0.4 is 5.73 Å². The standard InChI is InChI=1S/C22H47NO/c1-4-5-6-7-8-9-10-11-12-13-14-15-16-17-18-19-20-24-22(2,3)21-23/h4-21,23H2,1-3H3. The molecule has 0 aliphatic rings. The lowest BCUT2D eigenvalue weighted by Gasteiger charge is -2.23. The third-order valence-electron chi connectivity index (χ3n) is 4.98. The van der Waals surface area contributed by atoms with Gasteiger partial charge in [-0.3, -0.25) is 0 Å². The van der Waals surface area contributed by atoms with Crippen molar-refractivity contribution in [3.63, 3.8) is 0 Å². The van der Waals surface area contributed by atoms with Crippen LogP contribution in [0, 0.1) is 0 Å². The molecule has 0 aromatic carbocycles. The summed E-state index contributed by atoms with van der Waals surface area (Å²) in [5.74, 6) is 0. The molecule has 24 heavy (non-hydrogen) atoms. The molecule has 2 N–H and O–H groups in total. The maximum absolute atomic E-state index is 5.77. The van der Waals surface area contributed by atoms with Gasteiger partial charge in [-0.15, -0.1) is 0 Å². The van der Waals surface area contributed by atoms with Crippen molar-refractivity contribution in [1.29, 1.82) is 0 Å². The van der Waals surface area contributed by atoms with Gasteiger partial charge in [0, 0.05) is 13.2 Å². The van der Waals surface area contributed by atoms with Gasteiger partial charge in [-0.25, -0.2) is 0 Å². The van der Waals surface area contributed by atoms with Gasteiger partial charge in [-0.05, 0) is 20.3 Å². The fraction of sp³-hybridized carbons (Fsp3) is 1.00. The summed E-state index contributed by atoms with van der Waals surface area (Å²) in [7, 11) is 0. The summed E-state index contributed by atoms with van der Waals surface area (Å²) >= 11 is 0. The average Bonchev–Trinajstić information content (AvgIpc) is 2.57. The van der Waals surface area contributed by atoms with Crippen LogP contribution in [0.1, 0.15) is 124 Å². The maximum Gasteiger partial charge on any atom is 0.0748 e. The molecule has 0 saturated carbocycles. The first-order valence-corrected chi connectivity index (χ1v) is 11.0. The third-order valence-corrected chi connectivity index (χ3v) is 4.98. The number of ether oxygens (including phenoxy) is 1. The Morgan fingerprint density at radius 2 is 0.917 bits per heavy atom. The number of unbranched alkanes of at least 4 members (excludes halogenated alkanes) is 15. The Morgan fingerprint density at radius 1 is 0.583 bits per heavy atom. The van der Waals surface area contributed by atoms with Gasteiger partial charge >= 0.3 is 0 Å². The van der Waals surface area contributed by atoms with Crippen molar-refractivity contribution in [1.82, 2.24) is 0 Å². The number of rotatable bonds is 19. The lowest BCUT2D eigenvalue weighted by Crippen LogP contribution is -2.34. The smallest absolute Gasteiger partial charge is 0.0748 e. The molecule has 2 nitrogen and oxygen atoms in total. The average molecular weight is 342 g/mol. The SMILES string of the molecule is CCCCCCCCCCCCCCCCCCOC(C)(C)CN. The van der Waals surface area contributed by atoms with Crippen LogP contribution in [0.4, 0.5) is 0 Å². The molecule has 0 saturated heterocycles. The highest BCUT2D eigenvalue weighted by Crippen LogP contribution is 2.14. The summed E-state index contributed by atoms with van der Waals surface area (Å²) in [6.45, 7) is 7.89. The van der Waals surface area contributed by atoms with Gasteiger partial charge in [0.1, 0.15) is 0 Å². The fourth-order valence-electron chi connectivity index (χ4n) is 3.06. The molecule has 0 bridgehead atoms. The minimum absolute atomic E-state index is 0.143. The van der Waals surface area contributed by atoms with Crippen molar-refractivity contribution in [2.45, 2.75) is 129 Å². The van der Waals surface area contributed by atoms with Crippen LogP contribution in [0.5, 0.6) is 0 Å². The van der Waals surface area contributed by atoms with Gasteiger partial charge in [0.15, 0.2) is 0 Å². The van der Waals surface area contributed by atoms with Crippen LogP contribution in [0.15, 0.2) is 0 Å². The Kier molecular flexibility index (Phi) is 17.7. The van der Waals surface area contributed by atoms with Crippen molar-refractivity contribution in [3.05, 3.63) is 0 Å². The van der Waals surface area contributed by atoms with Crippen LogP contribution in [-0.4, -0.2) is 18.8 Å². The highest BCUT2D eigenvalue weighted by Gasteiger charge is 2.14. The van der Waals surface area contributed by atoms with E-state index < -0.39 is 0 Å². The molecule has 0 amide bonds. The van der Waals surface area contributed by atoms with Crippen LogP contribution >= 0.6 is 0 Å². The first kappa shape index (κ1) is 23.9. The van der Waals surface area contributed by atoms with E-state index in [-0.39, 0.29) is 5.60 Å². The van der Waals surface area contributed by atoms with E-state index in [9.17, 15) is 0 Å². The molecule has 0 heterocycles. The van der Waals surface area contributed by atoms with Crippen LogP contribution in [0.25, 0.3) is 0 Å². The summed E-state index contributed by atoms with van der Waals surface area (Å²) in [4.78, 5) is 0. The predicted octanol–water partition coefficient (Wildman–Crippen LogP) is 7.00. The zero-order valence-corrected chi connectivity index (χ0v) is 17.2. The molecule has 0 unspecified atom stereocenters. The molecule has 0 aromatic rings. The minimum atomic E-state index is -0.143. The molecule has 0 radical (unpaired) electrons. The van der Waals surface area contributed by atoms with Gasteiger partial charge in [0.2, 0.25) is 0 Å². The summed E-state index contributed by atoms with van der Waals surface area (Å²) in [6, 6.07) is 0. The quantitative estimate of drug-likeness (QED) is 0.257. The predicted molar refractivity (Wildman–Crippen MR) is 109 cm³/mol. The van der Waals surface area contributed by atoms with Gasteiger partial charge in [-0.2, -0.15) is 0 Å². The number of nitrogens with two attached hydrogens (primary N) is 1. The van der Waals surface area contributed by atoms with Crippen molar-refractivity contribution in [2.75, 3.05) is 13.2 Å². The summed E-state index contributed by atoms with van der Waals surface area (Å²) in [6.07, 6.45) is 22.6. The van der Waals surface area contributed by atoms with Gasteiger partial charge in [0.05, 0.1) is 5.60 Å². The third kappa shape index (κ3) is 18.3. The molecule has 0 atom stereocenters. The Labute approximate surface area is 153 Å². The second kappa shape index (κ2) is 17.7. The zero-order valence-electron chi connectivity index (χ0n) is 17.2. The first-order valence-electron chi connectivity index (χ1n) is 11.0. The van der Waals surface area contributed by atoms with E-state index in [1.165, 1.54) is 103 Å². The van der Waals surface area contributed by atoms with Gasteiger partial charge in [-0.1, -0.05) is 103 Å². The molecular formula is C22H47NO. The monoisotopic (exact) mass is 341 g/mol. The molecule has 0 aliphatic carbocycles. The highest BCUT2D eigenvalue weighted by molar-refractivity contribution is 4.68. The fourth-order valence-corrected chi connectivity index (χ4v) is 3.06. The van der Waals surface area contributed by atoms with Crippen molar-refractivity contribution >= 4 is 0 Å². The maximum atomic E-state index is 5.77. The van der Waals surface area contributed by atoms with Crippen LogP contribution in [0.2, 0.25) is 0 Å². The molecular weight excluding hydrogens is 294 g/mol. The van der Waals surface area contributed by atoms with Crippen molar-refractivity contribution in [3.8, 4) is 0 Å². The van der Waals surface area contributed by atoms with Crippen molar-refractivity contribution in [2.24, 2.45) is 5.73 Å². The second-order valence-electron chi connectivity index (χ2n) is 8.12. The molecule has 146 valence electrons. The summed E-state index contributed by atoms with van der Waals surface area (Å²) in [5, 5.41) is 0. The normalized spacial score (nSPS) is 12.0. The zero-order chi connectivity index (χ0) is 17.9. The summed E-state index contributed by atoms with van der Waals surface area (Å²) < 4.78 is 5.77. The molecule has 0 spiro atoms. The van der Waals surface area contributed by atoms with E-state index in [0.717, 1.165) is 6.61 Å². The Balaban J connectivity index is 3.05. The first-order chi connectivity index (χ1) is 11.6. The van der Waals surface area contributed by atoms with Crippen LogP contribution in [0.3, 0.4) is 0 Å². The molecule has 0 rings (SSSR count). The Bertz CT molecular complexity index is 240. The van der Waals surface area contributed by atoms with E-state index in [1.54, 1.807) is 0 Å². The largest absolute Gasteiger partial charge is 0.374 e. The Morgan fingerprint density at radius 3 is 1.25 bits per heavy atom. The topological polar surface area (TPSA) is 35.2 Å². The van der Waals surface area contributed by atoms with E-state index in [1.807, 2.05) is 0 Å².